The molecular weight excluding hydrogens is 228 g/mol. The minimum atomic E-state index is -0.665. The minimum absolute atomic E-state index is 0.146. The second-order valence-electron chi connectivity index (χ2n) is 4.89. The van der Waals surface area contributed by atoms with Crippen LogP contribution in [0.3, 0.4) is 0 Å². The average Bonchev–Trinajstić information content (AvgIpc) is 2.46. The van der Waals surface area contributed by atoms with Crippen LogP contribution in [0.25, 0.3) is 0 Å². The summed E-state index contributed by atoms with van der Waals surface area (Å²) in [6.07, 6.45) is 10.1. The van der Waals surface area contributed by atoms with Gasteiger partial charge in [-0.25, -0.2) is 0 Å². The van der Waals surface area contributed by atoms with Crippen LogP contribution in [0.2, 0.25) is 0 Å². The number of aliphatic hydroxyl groups excluding tert-OH is 1. The molecule has 0 radical (unpaired) electrons. The van der Waals surface area contributed by atoms with Crippen molar-refractivity contribution in [3.05, 3.63) is 24.3 Å². The zero-order valence-corrected chi connectivity index (χ0v) is 11.0. The first-order valence-electron chi connectivity index (χ1n) is 6.88. The van der Waals surface area contributed by atoms with E-state index in [4.69, 9.17) is 4.74 Å². The molecule has 0 aromatic carbocycles. The Morgan fingerprint density at radius 3 is 2.72 bits per heavy atom. The first-order valence-corrected chi connectivity index (χ1v) is 6.88. The molecule has 0 spiro atoms. The summed E-state index contributed by atoms with van der Waals surface area (Å²) < 4.78 is 5.78. The molecule has 2 atom stereocenters. The van der Waals surface area contributed by atoms with Crippen molar-refractivity contribution in [1.29, 1.82) is 0 Å². The van der Waals surface area contributed by atoms with Crippen LogP contribution in [-0.4, -0.2) is 27.8 Å². The summed E-state index contributed by atoms with van der Waals surface area (Å²) in [7, 11) is 0. The fourth-order valence-corrected chi connectivity index (χ4v) is 2.77. The lowest BCUT2D eigenvalue weighted by Crippen LogP contribution is -2.32. The van der Waals surface area contributed by atoms with E-state index >= 15 is 0 Å². The summed E-state index contributed by atoms with van der Waals surface area (Å²) in [4.78, 5) is 8.20. The second-order valence-corrected chi connectivity index (χ2v) is 4.89. The van der Waals surface area contributed by atoms with E-state index in [1.807, 2.05) is 6.92 Å². The molecular formula is C14H22N2O2. The zero-order valence-electron chi connectivity index (χ0n) is 11.0. The van der Waals surface area contributed by atoms with Crippen LogP contribution < -0.4 is 0 Å². The molecule has 4 nitrogen and oxygen atoms in total. The molecule has 0 amide bonds. The summed E-state index contributed by atoms with van der Waals surface area (Å²) >= 11 is 0. The topological polar surface area (TPSA) is 55.2 Å². The van der Waals surface area contributed by atoms with Crippen molar-refractivity contribution < 1.29 is 9.84 Å². The lowest BCUT2D eigenvalue weighted by molar-refractivity contribution is -0.0755. The van der Waals surface area contributed by atoms with Gasteiger partial charge in [0.05, 0.1) is 18.0 Å². The molecule has 1 aromatic heterocycles. The van der Waals surface area contributed by atoms with Crippen LogP contribution in [0.15, 0.2) is 18.6 Å². The molecule has 1 N–H and O–H groups in total. The first-order chi connectivity index (χ1) is 8.83. The van der Waals surface area contributed by atoms with Gasteiger partial charge in [0, 0.05) is 19.0 Å². The smallest absolute Gasteiger partial charge is 0.124 e. The van der Waals surface area contributed by atoms with Gasteiger partial charge >= 0.3 is 0 Å². The highest BCUT2D eigenvalue weighted by molar-refractivity contribution is 5.03. The molecule has 1 aliphatic rings. The predicted molar refractivity (Wildman–Crippen MR) is 69.0 cm³/mol. The van der Waals surface area contributed by atoms with Crippen molar-refractivity contribution in [1.82, 2.24) is 9.97 Å². The molecule has 0 aliphatic heterocycles. The Labute approximate surface area is 108 Å². The van der Waals surface area contributed by atoms with E-state index in [0.29, 0.717) is 18.2 Å². The van der Waals surface area contributed by atoms with Crippen molar-refractivity contribution in [2.75, 3.05) is 6.61 Å². The summed E-state index contributed by atoms with van der Waals surface area (Å²) in [5.41, 5.74) is 0.613. The maximum absolute atomic E-state index is 10.4. The highest BCUT2D eigenvalue weighted by Gasteiger charge is 2.31. The van der Waals surface area contributed by atoms with Crippen LogP contribution in [0, 0.1) is 5.92 Å². The van der Waals surface area contributed by atoms with E-state index in [9.17, 15) is 5.11 Å². The van der Waals surface area contributed by atoms with Gasteiger partial charge in [0.1, 0.15) is 6.10 Å². The van der Waals surface area contributed by atoms with Gasteiger partial charge in [0.15, 0.2) is 0 Å². The summed E-state index contributed by atoms with van der Waals surface area (Å²) in [6.45, 7) is 2.59. The Hall–Kier alpha value is -1.00. The first kappa shape index (κ1) is 13.4. The van der Waals surface area contributed by atoms with E-state index in [1.165, 1.54) is 19.3 Å². The average molecular weight is 250 g/mol. The molecule has 1 aromatic rings. The SMILES string of the molecule is CCOC(C1CCCCC1)C(O)c1cnccn1. The van der Waals surface area contributed by atoms with Crippen molar-refractivity contribution in [2.45, 2.75) is 51.2 Å². The van der Waals surface area contributed by atoms with Crippen LogP contribution in [0.1, 0.15) is 50.8 Å². The minimum Gasteiger partial charge on any atom is -0.384 e. The molecule has 0 bridgehead atoms. The van der Waals surface area contributed by atoms with Gasteiger partial charge in [-0.1, -0.05) is 19.3 Å². The van der Waals surface area contributed by atoms with Gasteiger partial charge in [-0.3, -0.25) is 9.97 Å². The van der Waals surface area contributed by atoms with Crippen molar-refractivity contribution in [3.63, 3.8) is 0 Å². The Bertz CT molecular complexity index is 339. The molecule has 100 valence electrons. The number of aliphatic hydroxyl groups is 1. The Balaban J connectivity index is 2.08. The summed E-state index contributed by atoms with van der Waals surface area (Å²) in [6, 6.07) is 0. The van der Waals surface area contributed by atoms with E-state index < -0.39 is 6.10 Å². The number of nitrogens with zero attached hydrogens (tertiary/aromatic N) is 2. The molecule has 2 unspecified atom stereocenters. The predicted octanol–water partition coefficient (Wildman–Crippen LogP) is 2.50. The van der Waals surface area contributed by atoms with Gasteiger partial charge in [-0.2, -0.15) is 0 Å². The van der Waals surface area contributed by atoms with Gasteiger partial charge in [0.2, 0.25) is 0 Å². The van der Waals surface area contributed by atoms with Crippen LogP contribution >= 0.6 is 0 Å². The van der Waals surface area contributed by atoms with Crippen LogP contribution in [-0.2, 0) is 4.74 Å². The normalized spacial score (nSPS) is 20.6. The molecule has 4 heteroatoms. The highest BCUT2D eigenvalue weighted by atomic mass is 16.5. The number of ether oxygens (including phenoxy) is 1. The maximum Gasteiger partial charge on any atom is 0.124 e. The number of aromatic nitrogens is 2. The standard InChI is InChI=1S/C14H22N2O2/c1-2-18-14(11-6-4-3-5-7-11)13(17)12-10-15-8-9-16-12/h8-11,13-14,17H,2-7H2,1H3. The fourth-order valence-electron chi connectivity index (χ4n) is 2.77. The summed E-state index contributed by atoms with van der Waals surface area (Å²) in [5, 5.41) is 10.4. The second kappa shape index (κ2) is 6.81. The monoisotopic (exact) mass is 250 g/mol. The zero-order chi connectivity index (χ0) is 12.8. The Morgan fingerprint density at radius 2 is 2.11 bits per heavy atom. The fraction of sp³-hybridized carbons (Fsp3) is 0.714. The van der Waals surface area contributed by atoms with Crippen molar-refractivity contribution in [2.24, 2.45) is 5.92 Å². The molecule has 1 fully saturated rings. The summed E-state index contributed by atoms with van der Waals surface area (Å²) in [5.74, 6) is 0.440. The van der Waals surface area contributed by atoms with Crippen LogP contribution in [0.5, 0.6) is 0 Å². The molecule has 1 aliphatic carbocycles. The van der Waals surface area contributed by atoms with Crippen LogP contribution in [0.4, 0.5) is 0 Å². The third kappa shape index (κ3) is 3.27. The number of rotatable bonds is 5. The van der Waals surface area contributed by atoms with Gasteiger partial charge < -0.3 is 9.84 Å². The van der Waals surface area contributed by atoms with Crippen molar-refractivity contribution >= 4 is 0 Å². The molecule has 18 heavy (non-hydrogen) atoms. The lowest BCUT2D eigenvalue weighted by atomic mass is 9.82. The van der Waals surface area contributed by atoms with E-state index in [-0.39, 0.29) is 6.10 Å². The quantitative estimate of drug-likeness (QED) is 0.872. The van der Waals surface area contributed by atoms with E-state index in [0.717, 1.165) is 12.8 Å². The van der Waals surface area contributed by atoms with E-state index in [1.54, 1.807) is 18.6 Å². The number of hydrogen-bond acceptors (Lipinski definition) is 4. The molecule has 1 heterocycles. The third-order valence-electron chi connectivity index (χ3n) is 3.67. The highest BCUT2D eigenvalue weighted by Crippen LogP contribution is 2.33. The molecule has 2 rings (SSSR count). The third-order valence-corrected chi connectivity index (χ3v) is 3.67. The molecule has 0 saturated heterocycles. The van der Waals surface area contributed by atoms with Gasteiger partial charge in [0.25, 0.3) is 0 Å². The molecule has 1 saturated carbocycles. The van der Waals surface area contributed by atoms with Gasteiger partial charge in [-0.05, 0) is 25.7 Å². The Morgan fingerprint density at radius 1 is 1.33 bits per heavy atom. The van der Waals surface area contributed by atoms with Gasteiger partial charge in [-0.15, -0.1) is 0 Å². The van der Waals surface area contributed by atoms with E-state index in [2.05, 4.69) is 9.97 Å². The lowest BCUT2D eigenvalue weighted by Gasteiger charge is -2.32. The largest absolute Gasteiger partial charge is 0.384 e. The van der Waals surface area contributed by atoms with Crippen molar-refractivity contribution in [3.8, 4) is 0 Å². The Kier molecular flexibility index (Phi) is 5.08. The number of hydrogen-bond donors (Lipinski definition) is 1. The maximum atomic E-state index is 10.4.